The molecule has 0 saturated heterocycles. The molecule has 4 aromatic rings. The summed E-state index contributed by atoms with van der Waals surface area (Å²) in [6.07, 6.45) is 18.3. The smallest absolute Gasteiger partial charge is 0.0658 e. The molecule has 4 aromatic carbocycles. The highest BCUT2D eigenvalue weighted by Gasteiger charge is 2.43. The molecule has 0 amide bonds. The summed E-state index contributed by atoms with van der Waals surface area (Å²) in [7, 11) is -2.15. The summed E-state index contributed by atoms with van der Waals surface area (Å²) in [5.74, 6) is 1.49. The predicted molar refractivity (Wildman–Crippen MR) is 215 cm³/mol. The molecule has 0 spiro atoms. The van der Waals surface area contributed by atoms with Gasteiger partial charge >= 0.3 is 0 Å². The van der Waals surface area contributed by atoms with Crippen molar-refractivity contribution in [3.63, 3.8) is 0 Å². The second-order valence-corrected chi connectivity index (χ2v) is 20.5. The second-order valence-electron chi connectivity index (χ2n) is 16.2. The summed E-state index contributed by atoms with van der Waals surface area (Å²) in [6.45, 7) is 10.2. The van der Waals surface area contributed by atoms with Gasteiger partial charge < -0.3 is 0 Å². The number of hydrogen-bond acceptors (Lipinski definition) is 0. The zero-order chi connectivity index (χ0) is 33.5. The molecule has 0 nitrogen and oxygen atoms in total. The van der Waals surface area contributed by atoms with Gasteiger partial charge in [-0.1, -0.05) is 162 Å². The molecular weight excluding hydrogens is 605 g/mol. The minimum Gasteiger partial charge on any atom is -0.0658 e. The Labute approximate surface area is 297 Å². The van der Waals surface area contributed by atoms with E-state index in [1.54, 1.807) is 54.9 Å². The summed E-state index contributed by atoms with van der Waals surface area (Å²) in [5.41, 5.74) is 18.4. The van der Waals surface area contributed by atoms with Gasteiger partial charge in [0.05, 0.1) is 0 Å². The lowest BCUT2D eigenvalue weighted by Gasteiger charge is -2.33. The van der Waals surface area contributed by atoms with Crippen molar-refractivity contribution in [2.75, 3.05) is 0 Å². The van der Waals surface area contributed by atoms with Crippen LogP contribution in [0.2, 0.25) is 13.1 Å². The highest BCUT2D eigenvalue weighted by Crippen LogP contribution is 2.53. The van der Waals surface area contributed by atoms with E-state index in [1.165, 1.54) is 86.5 Å². The van der Waals surface area contributed by atoms with Crippen LogP contribution in [0, 0.1) is 0 Å². The first kappa shape index (κ1) is 32.8. The number of rotatable bonds is 8. The van der Waals surface area contributed by atoms with Gasteiger partial charge in [0.1, 0.15) is 8.07 Å². The second kappa shape index (κ2) is 13.7. The highest BCUT2D eigenvalue weighted by molar-refractivity contribution is 7.09. The van der Waals surface area contributed by atoms with Gasteiger partial charge in [-0.3, -0.25) is 0 Å². The average Bonchev–Trinajstić information content (AvgIpc) is 3.75. The fourth-order valence-corrected chi connectivity index (χ4v) is 14.9. The first-order chi connectivity index (χ1) is 24.0. The molecule has 0 bridgehead atoms. The van der Waals surface area contributed by atoms with Crippen LogP contribution in [0.4, 0.5) is 0 Å². The topological polar surface area (TPSA) is 0 Å². The Morgan fingerprint density at radius 2 is 0.878 bits per heavy atom. The third-order valence-corrected chi connectivity index (χ3v) is 16.7. The lowest BCUT2D eigenvalue weighted by molar-refractivity contribution is 0.443. The van der Waals surface area contributed by atoms with Crippen molar-refractivity contribution in [3.05, 3.63) is 129 Å². The van der Waals surface area contributed by atoms with E-state index in [1.807, 2.05) is 0 Å². The monoisotopic (exact) mass is 660 g/mol. The van der Waals surface area contributed by atoms with E-state index in [-0.39, 0.29) is 0 Å². The predicted octanol–water partition coefficient (Wildman–Crippen LogP) is 14.0. The van der Waals surface area contributed by atoms with Gasteiger partial charge in [0, 0.05) is 0 Å². The third kappa shape index (κ3) is 5.95. The molecule has 49 heavy (non-hydrogen) atoms. The molecule has 0 atom stereocenters. The molecule has 1 heteroatoms. The van der Waals surface area contributed by atoms with E-state index in [9.17, 15) is 0 Å². The van der Waals surface area contributed by atoms with E-state index in [4.69, 9.17) is 0 Å². The van der Waals surface area contributed by atoms with Crippen LogP contribution < -0.4 is 0 Å². The van der Waals surface area contributed by atoms with Crippen LogP contribution >= 0.6 is 0 Å². The maximum absolute atomic E-state index is 2.69. The first-order valence-electron chi connectivity index (χ1n) is 19.9. The van der Waals surface area contributed by atoms with Crippen LogP contribution in [-0.4, -0.2) is 8.07 Å². The summed E-state index contributed by atoms with van der Waals surface area (Å²) < 4.78 is 0. The van der Waals surface area contributed by atoms with Crippen molar-refractivity contribution in [3.8, 4) is 22.3 Å². The lowest BCUT2D eigenvalue weighted by Crippen LogP contribution is -2.32. The summed E-state index contributed by atoms with van der Waals surface area (Å²) >= 11 is 0. The van der Waals surface area contributed by atoms with Crippen molar-refractivity contribution in [1.29, 1.82) is 0 Å². The molecule has 2 fully saturated rings. The summed E-state index contributed by atoms with van der Waals surface area (Å²) in [5, 5.41) is 3.46. The maximum Gasteiger partial charge on any atom is 0.113 e. The van der Waals surface area contributed by atoms with Crippen LogP contribution in [0.15, 0.2) is 96.1 Å². The number of benzene rings is 4. The van der Waals surface area contributed by atoms with Crippen LogP contribution in [0.5, 0.6) is 0 Å². The van der Waals surface area contributed by atoms with Crippen molar-refractivity contribution < 1.29 is 0 Å². The van der Waals surface area contributed by atoms with E-state index in [0.717, 1.165) is 37.5 Å². The fourth-order valence-electron chi connectivity index (χ4n) is 10.5. The molecule has 4 aliphatic carbocycles. The molecule has 0 heterocycles. The Morgan fingerprint density at radius 1 is 0.490 bits per heavy atom. The molecule has 4 aliphatic rings. The van der Waals surface area contributed by atoms with Gasteiger partial charge in [0.25, 0.3) is 0 Å². The van der Waals surface area contributed by atoms with Crippen LogP contribution in [-0.2, 0) is 12.8 Å². The van der Waals surface area contributed by atoms with Crippen molar-refractivity contribution in [2.24, 2.45) is 0 Å². The van der Waals surface area contributed by atoms with Gasteiger partial charge in [-0.15, -0.1) is 0 Å². The van der Waals surface area contributed by atoms with Crippen LogP contribution in [0.25, 0.3) is 32.6 Å². The first-order valence-corrected chi connectivity index (χ1v) is 22.9. The van der Waals surface area contributed by atoms with E-state index in [0.29, 0.717) is 0 Å². The fraction of sp³-hybridized carbons (Fsp3) is 0.417. The van der Waals surface area contributed by atoms with Crippen molar-refractivity contribution >= 4 is 18.5 Å². The third-order valence-electron chi connectivity index (χ3n) is 13.0. The Kier molecular flexibility index (Phi) is 9.17. The zero-order valence-corrected chi connectivity index (χ0v) is 31.6. The molecule has 0 radical (unpaired) electrons. The summed E-state index contributed by atoms with van der Waals surface area (Å²) in [4.78, 5) is 0. The SMILES string of the molecule is CCC1=C([Si](C)(C)C2=C(CC)Cc3cccc(-c4ccc(C5CCCCC5)cc4)c32)c2c(cccc2-c2ccc(C3CCCCC3)cc2)C1. The van der Waals surface area contributed by atoms with Crippen molar-refractivity contribution in [1.82, 2.24) is 0 Å². The van der Waals surface area contributed by atoms with E-state index >= 15 is 0 Å². The zero-order valence-electron chi connectivity index (χ0n) is 30.6. The molecule has 2 saturated carbocycles. The average molecular weight is 661 g/mol. The Morgan fingerprint density at radius 3 is 1.24 bits per heavy atom. The van der Waals surface area contributed by atoms with Gasteiger partial charge in [0.2, 0.25) is 0 Å². The molecular formula is C48H56Si. The van der Waals surface area contributed by atoms with Crippen LogP contribution in [0.3, 0.4) is 0 Å². The number of fused-ring (bicyclic) bond motifs is 2. The van der Waals surface area contributed by atoms with Gasteiger partial charge in [0.15, 0.2) is 0 Å². The van der Waals surface area contributed by atoms with E-state index < -0.39 is 8.07 Å². The number of hydrogen-bond donors (Lipinski definition) is 0. The summed E-state index contributed by atoms with van der Waals surface area (Å²) in [6, 6.07) is 34.0. The molecule has 0 N–H and O–H groups in total. The standard InChI is InChI=1S/C48H56Si/c1-5-33-31-41-19-13-21-43(39-27-23-37(24-28-39)35-15-9-7-10-16-35)45(41)47(33)49(3,4)48-34(6-2)32-42-20-14-22-44(46(42)48)40-29-25-38(26-30-40)36-17-11-8-12-18-36/h13-14,19-30,35-36H,5-12,15-18,31-32H2,1-4H3. The Balaban J connectivity index is 1.20. The normalized spacial score (nSPS) is 18.7. The maximum atomic E-state index is 2.69. The van der Waals surface area contributed by atoms with Gasteiger partial charge in [-0.25, -0.2) is 0 Å². The Hall–Kier alpha value is -3.42. The minimum atomic E-state index is -2.15. The molecule has 0 aromatic heterocycles. The molecule has 0 aliphatic heterocycles. The van der Waals surface area contributed by atoms with Gasteiger partial charge in [-0.05, 0) is 129 Å². The quantitative estimate of drug-likeness (QED) is 0.165. The minimum absolute atomic E-state index is 0.747. The largest absolute Gasteiger partial charge is 0.113 e. The molecule has 8 rings (SSSR count). The van der Waals surface area contributed by atoms with E-state index in [2.05, 4.69) is 112 Å². The van der Waals surface area contributed by atoms with Crippen LogP contribution in [0.1, 0.15) is 136 Å². The number of allylic oxidation sites excluding steroid dienone is 2. The highest BCUT2D eigenvalue weighted by atomic mass is 28.3. The molecule has 252 valence electrons. The van der Waals surface area contributed by atoms with Gasteiger partial charge in [-0.2, -0.15) is 0 Å². The molecule has 0 unspecified atom stereocenters. The Bertz CT molecular complexity index is 1750. The lowest BCUT2D eigenvalue weighted by atomic mass is 9.83. The van der Waals surface area contributed by atoms with Crippen molar-refractivity contribution in [2.45, 2.75) is 129 Å².